The van der Waals surface area contributed by atoms with Gasteiger partial charge in [-0.25, -0.2) is 14.6 Å². The lowest BCUT2D eigenvalue weighted by atomic mass is 10.2. The molecule has 21 heavy (non-hydrogen) atoms. The van der Waals surface area contributed by atoms with Crippen LogP contribution < -0.4 is 16.6 Å². The molecule has 0 aliphatic rings. The number of aromatic nitrogens is 2. The van der Waals surface area contributed by atoms with E-state index < -0.39 is 23.3 Å². The first-order valence-corrected chi connectivity index (χ1v) is 5.93. The summed E-state index contributed by atoms with van der Waals surface area (Å²) in [5.41, 5.74) is 4.73. The van der Waals surface area contributed by atoms with Crippen molar-refractivity contribution in [1.29, 1.82) is 0 Å². The quantitative estimate of drug-likeness (QED) is 0.754. The molecule has 0 spiro atoms. The van der Waals surface area contributed by atoms with Crippen LogP contribution in [0.2, 0.25) is 0 Å². The molecule has 0 atom stereocenters. The van der Waals surface area contributed by atoms with E-state index in [0.717, 1.165) is 16.2 Å². The van der Waals surface area contributed by atoms with E-state index in [9.17, 15) is 14.4 Å². The molecule has 0 unspecified atom stereocenters. The molecule has 2 amide bonds. The smallest absolute Gasteiger partial charge is 0.354 e. The molecule has 0 fully saturated rings. The van der Waals surface area contributed by atoms with Gasteiger partial charge in [0.15, 0.2) is 5.69 Å². The van der Waals surface area contributed by atoms with Crippen LogP contribution in [-0.4, -0.2) is 26.7 Å². The zero-order valence-electron chi connectivity index (χ0n) is 10.8. The molecule has 2 aromatic rings. The number of benzene rings is 1. The van der Waals surface area contributed by atoms with Crippen LogP contribution in [0, 0.1) is 0 Å². The number of hydrogen-bond donors (Lipinski definition) is 3. The van der Waals surface area contributed by atoms with Crippen molar-refractivity contribution in [2.45, 2.75) is 6.54 Å². The molecule has 8 heteroatoms. The van der Waals surface area contributed by atoms with Crippen molar-refractivity contribution < 1.29 is 14.7 Å². The molecule has 1 heterocycles. The van der Waals surface area contributed by atoms with E-state index in [-0.39, 0.29) is 12.5 Å². The molecule has 8 nitrogen and oxygen atoms in total. The van der Waals surface area contributed by atoms with Gasteiger partial charge in [-0.1, -0.05) is 30.3 Å². The van der Waals surface area contributed by atoms with Gasteiger partial charge in [0.25, 0.3) is 5.56 Å². The number of carboxylic acids is 1. The van der Waals surface area contributed by atoms with Gasteiger partial charge in [-0.15, -0.1) is 0 Å². The number of carbonyl (C=O) groups is 2. The zero-order chi connectivity index (χ0) is 15.4. The van der Waals surface area contributed by atoms with Crippen molar-refractivity contribution >= 4 is 17.9 Å². The number of nitrogens with zero attached hydrogens (tertiary/aromatic N) is 2. The van der Waals surface area contributed by atoms with Gasteiger partial charge < -0.3 is 10.8 Å². The van der Waals surface area contributed by atoms with Gasteiger partial charge >= 0.3 is 12.0 Å². The number of carboxylic acid groups (broad SMARTS) is 1. The van der Waals surface area contributed by atoms with Crippen LogP contribution in [0.1, 0.15) is 16.1 Å². The molecule has 2 rings (SSSR count). The summed E-state index contributed by atoms with van der Waals surface area (Å²) < 4.78 is 1.13. The van der Waals surface area contributed by atoms with Crippen molar-refractivity contribution in [3.8, 4) is 0 Å². The van der Waals surface area contributed by atoms with Gasteiger partial charge in [-0.05, 0) is 5.56 Å². The molecule has 0 bridgehead atoms. The number of nitrogens with one attached hydrogen (secondary N) is 1. The lowest BCUT2D eigenvalue weighted by Gasteiger charge is -2.12. The fraction of sp³-hybridized carbons (Fsp3) is 0.0769. The molecule has 1 aromatic heterocycles. The lowest BCUT2D eigenvalue weighted by molar-refractivity contribution is 0.0690. The normalized spacial score (nSPS) is 10.1. The number of hydrogen-bond acceptors (Lipinski definition) is 4. The molecule has 108 valence electrons. The van der Waals surface area contributed by atoms with Crippen molar-refractivity contribution in [3.05, 3.63) is 58.0 Å². The third kappa shape index (κ3) is 3.44. The van der Waals surface area contributed by atoms with Crippen LogP contribution in [-0.2, 0) is 6.54 Å². The molecular weight excluding hydrogens is 276 g/mol. The Hall–Kier alpha value is -3.16. The van der Waals surface area contributed by atoms with Crippen LogP contribution in [0.5, 0.6) is 0 Å². The second kappa shape index (κ2) is 5.87. The minimum atomic E-state index is -1.37. The Kier molecular flexibility index (Phi) is 3.98. The molecule has 0 saturated carbocycles. The van der Waals surface area contributed by atoms with Crippen molar-refractivity contribution in [2.24, 2.45) is 5.73 Å². The van der Waals surface area contributed by atoms with Gasteiger partial charge in [-0.3, -0.25) is 14.7 Å². The first-order valence-electron chi connectivity index (χ1n) is 5.93. The maximum absolute atomic E-state index is 12.0. The molecule has 0 saturated heterocycles. The van der Waals surface area contributed by atoms with Gasteiger partial charge in [0.05, 0.1) is 6.54 Å². The Bertz CT molecular complexity index is 740. The number of carbonyl (C=O) groups excluding carboxylic acids is 1. The summed E-state index contributed by atoms with van der Waals surface area (Å²) in [6, 6.07) is 8.92. The molecule has 4 N–H and O–H groups in total. The minimum Gasteiger partial charge on any atom is -0.477 e. The van der Waals surface area contributed by atoms with Crippen LogP contribution in [0.3, 0.4) is 0 Å². The van der Waals surface area contributed by atoms with E-state index in [0.29, 0.717) is 0 Å². The van der Waals surface area contributed by atoms with Crippen LogP contribution in [0.4, 0.5) is 10.7 Å². The fourth-order valence-corrected chi connectivity index (χ4v) is 1.74. The van der Waals surface area contributed by atoms with Crippen LogP contribution >= 0.6 is 0 Å². The topological polar surface area (TPSA) is 127 Å². The largest absolute Gasteiger partial charge is 0.477 e. The van der Waals surface area contributed by atoms with E-state index in [2.05, 4.69) is 10.3 Å². The summed E-state index contributed by atoms with van der Waals surface area (Å²) in [5, 5.41) is 11.1. The summed E-state index contributed by atoms with van der Waals surface area (Å²) >= 11 is 0. The number of urea groups is 1. The van der Waals surface area contributed by atoms with E-state index >= 15 is 0 Å². The van der Waals surface area contributed by atoms with Gasteiger partial charge in [0.2, 0.25) is 5.95 Å². The fourth-order valence-electron chi connectivity index (χ4n) is 1.74. The number of primary amides is 1. The summed E-state index contributed by atoms with van der Waals surface area (Å²) in [5.74, 6) is -1.58. The maximum atomic E-state index is 12.0. The van der Waals surface area contributed by atoms with E-state index in [1.165, 1.54) is 0 Å². The number of nitrogens with two attached hydrogens (primary N) is 1. The molecule has 0 aliphatic heterocycles. The van der Waals surface area contributed by atoms with E-state index in [4.69, 9.17) is 10.8 Å². The Balaban J connectivity index is 2.50. The van der Waals surface area contributed by atoms with Gasteiger partial charge in [0, 0.05) is 6.07 Å². The minimum absolute atomic E-state index is 0.127. The first-order chi connectivity index (χ1) is 9.97. The summed E-state index contributed by atoms with van der Waals surface area (Å²) in [7, 11) is 0. The highest BCUT2D eigenvalue weighted by Gasteiger charge is 2.14. The summed E-state index contributed by atoms with van der Waals surface area (Å²) in [4.78, 5) is 37.6. The van der Waals surface area contributed by atoms with E-state index in [1.807, 2.05) is 6.07 Å². The SMILES string of the molecule is NC(=O)Nc1nc(C(=O)O)cc(=O)n1Cc1ccccc1. The second-order valence-corrected chi connectivity index (χ2v) is 4.17. The van der Waals surface area contributed by atoms with Crippen molar-refractivity contribution in [2.75, 3.05) is 5.32 Å². The Labute approximate surface area is 118 Å². The van der Waals surface area contributed by atoms with Crippen molar-refractivity contribution in [3.63, 3.8) is 0 Å². The second-order valence-electron chi connectivity index (χ2n) is 4.17. The average Bonchev–Trinajstić information content (AvgIpc) is 2.42. The lowest BCUT2D eigenvalue weighted by Crippen LogP contribution is -2.30. The third-order valence-electron chi connectivity index (χ3n) is 2.65. The first kappa shape index (κ1) is 14.3. The summed E-state index contributed by atoms with van der Waals surface area (Å²) in [6.45, 7) is 0.127. The Morgan fingerprint density at radius 2 is 1.95 bits per heavy atom. The third-order valence-corrected chi connectivity index (χ3v) is 2.65. The number of rotatable bonds is 4. The summed E-state index contributed by atoms with van der Waals surface area (Å²) in [6.07, 6.45) is 0. The number of aromatic carboxylic acids is 1. The highest BCUT2D eigenvalue weighted by atomic mass is 16.4. The number of anilines is 1. The standard InChI is InChI=1S/C13H12N4O4/c14-12(21)16-13-15-9(11(19)20)6-10(18)17(13)7-8-4-2-1-3-5-8/h1-6H,7H2,(H,19,20)(H3,14,15,16,21). The van der Waals surface area contributed by atoms with Gasteiger partial charge in [-0.2, -0.15) is 0 Å². The van der Waals surface area contributed by atoms with Gasteiger partial charge in [0.1, 0.15) is 0 Å². The average molecular weight is 288 g/mol. The molecular formula is C13H12N4O4. The maximum Gasteiger partial charge on any atom is 0.354 e. The molecule has 1 aromatic carbocycles. The predicted octanol–water partition coefficient (Wildman–Crippen LogP) is 0.480. The highest BCUT2D eigenvalue weighted by molar-refractivity contribution is 5.88. The zero-order valence-corrected chi connectivity index (χ0v) is 10.8. The highest BCUT2D eigenvalue weighted by Crippen LogP contribution is 2.07. The molecule has 0 radical (unpaired) electrons. The van der Waals surface area contributed by atoms with Crippen LogP contribution in [0.25, 0.3) is 0 Å². The number of amides is 2. The Morgan fingerprint density at radius 1 is 1.29 bits per heavy atom. The predicted molar refractivity (Wildman–Crippen MR) is 74.2 cm³/mol. The Morgan fingerprint density at radius 3 is 2.52 bits per heavy atom. The van der Waals surface area contributed by atoms with Crippen LogP contribution in [0.15, 0.2) is 41.2 Å². The van der Waals surface area contributed by atoms with E-state index in [1.54, 1.807) is 24.3 Å². The monoisotopic (exact) mass is 288 g/mol. The van der Waals surface area contributed by atoms with Crippen molar-refractivity contribution in [1.82, 2.24) is 9.55 Å². The molecule has 0 aliphatic carbocycles.